The lowest BCUT2D eigenvalue weighted by Crippen LogP contribution is -2.30. The van der Waals surface area contributed by atoms with Crippen molar-refractivity contribution in [1.29, 1.82) is 0 Å². The largest absolute Gasteiger partial charge is 0.497 e. The number of aromatic nitrogens is 2. The van der Waals surface area contributed by atoms with Gasteiger partial charge in [-0.2, -0.15) is 0 Å². The average molecular weight is 426 g/mol. The fraction of sp³-hybridized carbons (Fsp3) is 0.176. The molecule has 0 spiro atoms. The first kappa shape index (κ1) is 19.6. The number of hydrogen-bond donors (Lipinski definition) is 1. The lowest BCUT2D eigenvalue weighted by atomic mass is 10.1. The lowest BCUT2D eigenvalue weighted by Gasteiger charge is -2.08. The van der Waals surface area contributed by atoms with Gasteiger partial charge in [0.2, 0.25) is 10.0 Å². The molecule has 142 valence electrons. The second kappa shape index (κ2) is 8.22. The molecule has 0 aliphatic rings. The number of benzene rings is 1. The van der Waals surface area contributed by atoms with Crippen molar-refractivity contribution in [2.45, 2.75) is 10.8 Å². The number of halogens is 1. The highest BCUT2D eigenvalue weighted by molar-refractivity contribution is 7.91. The Morgan fingerprint density at radius 2 is 1.96 bits per heavy atom. The van der Waals surface area contributed by atoms with Gasteiger partial charge in [0, 0.05) is 24.7 Å². The van der Waals surface area contributed by atoms with Gasteiger partial charge in [0.25, 0.3) is 5.56 Å². The van der Waals surface area contributed by atoms with Gasteiger partial charge in [0.1, 0.15) is 9.96 Å². The molecule has 27 heavy (non-hydrogen) atoms. The van der Waals surface area contributed by atoms with Crippen LogP contribution in [0.25, 0.3) is 11.3 Å². The van der Waals surface area contributed by atoms with Crippen LogP contribution in [0.3, 0.4) is 0 Å². The van der Waals surface area contributed by atoms with Gasteiger partial charge in [0.05, 0.1) is 23.5 Å². The van der Waals surface area contributed by atoms with Crippen LogP contribution in [0.4, 0.5) is 0 Å². The minimum Gasteiger partial charge on any atom is -0.497 e. The van der Waals surface area contributed by atoms with Crippen LogP contribution >= 0.6 is 22.9 Å². The summed E-state index contributed by atoms with van der Waals surface area (Å²) in [6.07, 6.45) is 1.40. The van der Waals surface area contributed by atoms with Gasteiger partial charge in [-0.25, -0.2) is 18.1 Å². The van der Waals surface area contributed by atoms with Gasteiger partial charge in [-0.05, 0) is 36.4 Å². The van der Waals surface area contributed by atoms with E-state index in [-0.39, 0.29) is 22.9 Å². The second-order valence-corrected chi connectivity index (χ2v) is 9.20. The van der Waals surface area contributed by atoms with E-state index in [1.165, 1.54) is 29.1 Å². The van der Waals surface area contributed by atoms with Crippen molar-refractivity contribution in [3.8, 4) is 17.0 Å². The van der Waals surface area contributed by atoms with Crippen molar-refractivity contribution in [2.75, 3.05) is 13.7 Å². The number of methoxy groups -OCH3 is 1. The fourth-order valence-corrected chi connectivity index (χ4v) is 4.88. The molecule has 2 heterocycles. The second-order valence-electron chi connectivity index (χ2n) is 5.49. The van der Waals surface area contributed by atoms with E-state index in [1.807, 2.05) is 12.1 Å². The van der Waals surface area contributed by atoms with Crippen molar-refractivity contribution in [3.63, 3.8) is 0 Å². The Kier molecular flexibility index (Phi) is 5.95. The molecule has 0 amide bonds. The van der Waals surface area contributed by atoms with E-state index < -0.39 is 10.0 Å². The van der Waals surface area contributed by atoms with Gasteiger partial charge in [-0.1, -0.05) is 11.6 Å². The zero-order valence-electron chi connectivity index (χ0n) is 14.3. The number of thiophene rings is 1. The van der Waals surface area contributed by atoms with Crippen LogP contribution in [0, 0.1) is 0 Å². The number of sulfonamides is 1. The van der Waals surface area contributed by atoms with Crippen molar-refractivity contribution < 1.29 is 13.2 Å². The Hall–Kier alpha value is -2.20. The molecule has 3 rings (SSSR count). The molecule has 10 heteroatoms. The summed E-state index contributed by atoms with van der Waals surface area (Å²) in [5.41, 5.74) is 1.05. The monoisotopic (exact) mass is 425 g/mol. The first-order chi connectivity index (χ1) is 12.9. The van der Waals surface area contributed by atoms with E-state index >= 15 is 0 Å². The maximum atomic E-state index is 12.3. The fourth-order valence-electron chi connectivity index (χ4n) is 2.33. The summed E-state index contributed by atoms with van der Waals surface area (Å²) in [5.74, 6) is 0.714. The van der Waals surface area contributed by atoms with Gasteiger partial charge in [-0.15, -0.1) is 11.3 Å². The minimum absolute atomic E-state index is 0.0569. The third-order valence-corrected chi connectivity index (χ3v) is 6.91. The molecule has 0 unspecified atom stereocenters. The van der Waals surface area contributed by atoms with E-state index in [2.05, 4.69) is 9.71 Å². The maximum absolute atomic E-state index is 12.3. The first-order valence-corrected chi connectivity index (χ1v) is 10.5. The summed E-state index contributed by atoms with van der Waals surface area (Å²) in [6, 6.07) is 11.6. The van der Waals surface area contributed by atoms with E-state index in [0.717, 1.165) is 16.9 Å². The van der Waals surface area contributed by atoms with Crippen molar-refractivity contribution in [1.82, 2.24) is 14.3 Å². The van der Waals surface area contributed by atoms with Gasteiger partial charge >= 0.3 is 0 Å². The predicted molar refractivity (Wildman–Crippen MR) is 105 cm³/mol. The zero-order valence-corrected chi connectivity index (χ0v) is 16.6. The Morgan fingerprint density at radius 3 is 2.56 bits per heavy atom. The highest BCUT2D eigenvalue weighted by Crippen LogP contribution is 2.25. The van der Waals surface area contributed by atoms with Gasteiger partial charge < -0.3 is 4.74 Å². The van der Waals surface area contributed by atoms with Crippen LogP contribution in [0.1, 0.15) is 0 Å². The Morgan fingerprint density at radius 1 is 1.22 bits per heavy atom. The molecule has 0 radical (unpaired) electrons. The predicted octanol–water partition coefficient (Wildman–Crippen LogP) is 2.61. The van der Waals surface area contributed by atoms with Crippen LogP contribution in [-0.2, 0) is 16.6 Å². The van der Waals surface area contributed by atoms with Crippen LogP contribution in [-0.4, -0.2) is 31.6 Å². The number of nitrogens with one attached hydrogen (secondary N) is 1. The minimum atomic E-state index is -3.64. The smallest absolute Gasteiger partial charge is 0.253 e. The Labute approximate surface area is 165 Å². The molecule has 0 saturated heterocycles. The summed E-state index contributed by atoms with van der Waals surface area (Å²) >= 11 is 6.74. The van der Waals surface area contributed by atoms with Gasteiger partial charge in [-0.3, -0.25) is 9.36 Å². The lowest BCUT2D eigenvalue weighted by molar-refractivity contribution is 0.415. The van der Waals surface area contributed by atoms with Crippen molar-refractivity contribution in [3.05, 3.63) is 63.5 Å². The molecule has 0 bridgehead atoms. The van der Waals surface area contributed by atoms with E-state index in [0.29, 0.717) is 15.8 Å². The molecule has 1 aromatic carbocycles. The molecule has 0 atom stereocenters. The summed E-state index contributed by atoms with van der Waals surface area (Å²) in [5, 5.41) is 0. The zero-order chi connectivity index (χ0) is 19.4. The van der Waals surface area contributed by atoms with Crippen molar-refractivity contribution >= 4 is 33.0 Å². The maximum Gasteiger partial charge on any atom is 0.253 e. The number of nitrogens with zero attached hydrogens (tertiary/aromatic N) is 2. The first-order valence-electron chi connectivity index (χ1n) is 7.85. The number of ether oxygens (including phenoxy) is 1. The molecule has 7 nitrogen and oxygen atoms in total. The summed E-state index contributed by atoms with van der Waals surface area (Å²) in [7, 11) is -2.06. The molecule has 2 aromatic heterocycles. The Bertz CT molecular complexity index is 1090. The van der Waals surface area contributed by atoms with Crippen LogP contribution in [0.5, 0.6) is 5.75 Å². The Balaban J connectivity index is 1.66. The van der Waals surface area contributed by atoms with Crippen LogP contribution < -0.4 is 15.0 Å². The van der Waals surface area contributed by atoms with Gasteiger partial charge in [0.15, 0.2) is 0 Å². The van der Waals surface area contributed by atoms with Crippen molar-refractivity contribution in [2.24, 2.45) is 0 Å². The van der Waals surface area contributed by atoms with Crippen LogP contribution in [0.2, 0.25) is 4.34 Å². The molecular weight excluding hydrogens is 410 g/mol. The molecule has 3 aromatic rings. The molecule has 0 aliphatic carbocycles. The summed E-state index contributed by atoms with van der Waals surface area (Å²) < 4.78 is 33.7. The molecule has 0 fully saturated rings. The normalized spacial score (nSPS) is 11.5. The highest BCUT2D eigenvalue weighted by Gasteiger charge is 2.16. The molecule has 1 N–H and O–H groups in total. The number of rotatable bonds is 7. The topological polar surface area (TPSA) is 90.3 Å². The van der Waals surface area contributed by atoms with E-state index in [1.54, 1.807) is 19.2 Å². The number of hydrogen-bond acceptors (Lipinski definition) is 6. The third-order valence-electron chi connectivity index (χ3n) is 3.72. The quantitative estimate of drug-likeness (QED) is 0.628. The molecular formula is C17H16ClN3O4S2. The molecule has 0 aliphatic heterocycles. The summed E-state index contributed by atoms with van der Waals surface area (Å²) in [6.45, 7) is 0.217. The third kappa shape index (κ3) is 4.75. The SMILES string of the molecule is COc1ccc(-c2cc(=O)n(CCNS(=O)(=O)c3ccc(Cl)s3)cn2)cc1. The van der Waals surface area contributed by atoms with Crippen LogP contribution in [0.15, 0.2) is 57.8 Å². The standard InChI is InChI=1S/C17H16ClN3O4S2/c1-25-13-4-2-12(3-5-13)14-10-16(22)21(11-19-14)9-8-20-27(23,24)17-7-6-15(18)26-17/h2-7,10-11,20H,8-9H2,1H3. The molecule has 0 saturated carbocycles. The highest BCUT2D eigenvalue weighted by atomic mass is 35.5. The summed E-state index contributed by atoms with van der Waals surface area (Å²) in [4.78, 5) is 16.5. The van der Waals surface area contributed by atoms with E-state index in [4.69, 9.17) is 16.3 Å². The average Bonchev–Trinajstić information content (AvgIpc) is 3.10. The van der Waals surface area contributed by atoms with E-state index in [9.17, 15) is 13.2 Å².